The molecule has 1 N–H and O–H groups in total. The second-order valence-electron chi connectivity index (χ2n) is 6.19. The Labute approximate surface area is 152 Å². The molecule has 10 heteroatoms. The van der Waals surface area contributed by atoms with Crippen LogP contribution in [0.5, 0.6) is 0 Å². The van der Waals surface area contributed by atoms with E-state index in [1.165, 1.54) is 19.9 Å². The number of aryl methyl sites for hydroxylation is 2. The van der Waals surface area contributed by atoms with Crippen LogP contribution < -0.4 is 5.32 Å². The standard InChI is InChI=1S/C15H22N6O2S2/c1-10-9-16-15(24-10)19-14-8-12(17-11(2)18-14)13-6-5-7-21(13)25(22,23)20(3)4/h8-9,13H,5-7H2,1-4H3,(H,16,17,18,19). The van der Waals surface area contributed by atoms with Crippen LogP contribution in [-0.2, 0) is 10.2 Å². The molecule has 136 valence electrons. The van der Waals surface area contributed by atoms with Crippen molar-refractivity contribution in [3.05, 3.63) is 28.7 Å². The first-order chi connectivity index (χ1) is 11.8. The number of nitrogens with one attached hydrogen (secondary N) is 1. The van der Waals surface area contributed by atoms with E-state index in [0.29, 0.717) is 23.9 Å². The number of rotatable bonds is 5. The Balaban J connectivity index is 1.91. The van der Waals surface area contributed by atoms with Crippen LogP contribution in [0.15, 0.2) is 12.3 Å². The summed E-state index contributed by atoms with van der Waals surface area (Å²) in [6.45, 7) is 4.30. The summed E-state index contributed by atoms with van der Waals surface area (Å²) < 4.78 is 27.9. The highest BCUT2D eigenvalue weighted by molar-refractivity contribution is 7.86. The van der Waals surface area contributed by atoms with Crippen molar-refractivity contribution in [2.45, 2.75) is 32.7 Å². The predicted molar refractivity (Wildman–Crippen MR) is 98.2 cm³/mol. The minimum atomic E-state index is -3.48. The van der Waals surface area contributed by atoms with Crippen LogP contribution in [-0.4, -0.2) is 52.6 Å². The third-order valence-electron chi connectivity index (χ3n) is 4.02. The quantitative estimate of drug-likeness (QED) is 0.853. The minimum Gasteiger partial charge on any atom is -0.316 e. The van der Waals surface area contributed by atoms with Crippen molar-refractivity contribution in [1.82, 2.24) is 23.6 Å². The van der Waals surface area contributed by atoms with E-state index in [-0.39, 0.29) is 6.04 Å². The van der Waals surface area contributed by atoms with Crippen LogP contribution >= 0.6 is 11.3 Å². The van der Waals surface area contributed by atoms with Crippen LogP contribution in [0, 0.1) is 13.8 Å². The topological polar surface area (TPSA) is 91.3 Å². The van der Waals surface area contributed by atoms with Crippen LogP contribution in [0.1, 0.15) is 35.3 Å². The number of hydrogen-bond donors (Lipinski definition) is 1. The molecule has 0 aromatic carbocycles. The first-order valence-corrected chi connectivity index (χ1v) is 10.2. The molecule has 25 heavy (non-hydrogen) atoms. The van der Waals surface area contributed by atoms with E-state index in [1.54, 1.807) is 20.3 Å². The maximum atomic E-state index is 12.6. The fraction of sp³-hybridized carbons (Fsp3) is 0.533. The van der Waals surface area contributed by atoms with Gasteiger partial charge in [0.15, 0.2) is 5.13 Å². The molecule has 1 aliphatic rings. The van der Waals surface area contributed by atoms with E-state index in [1.807, 2.05) is 19.9 Å². The summed E-state index contributed by atoms with van der Waals surface area (Å²) in [5.41, 5.74) is 0.714. The van der Waals surface area contributed by atoms with Gasteiger partial charge in [-0.05, 0) is 26.7 Å². The molecule has 0 radical (unpaired) electrons. The van der Waals surface area contributed by atoms with Crippen LogP contribution in [0.3, 0.4) is 0 Å². The van der Waals surface area contributed by atoms with E-state index < -0.39 is 10.2 Å². The highest BCUT2D eigenvalue weighted by Crippen LogP contribution is 2.35. The smallest absolute Gasteiger partial charge is 0.282 e. The first kappa shape index (κ1) is 18.2. The van der Waals surface area contributed by atoms with E-state index in [0.717, 1.165) is 22.9 Å². The molecule has 3 rings (SSSR count). The lowest BCUT2D eigenvalue weighted by Crippen LogP contribution is -2.39. The number of thiazole rings is 1. The van der Waals surface area contributed by atoms with Gasteiger partial charge in [-0.3, -0.25) is 0 Å². The van der Waals surface area contributed by atoms with Gasteiger partial charge in [-0.2, -0.15) is 17.0 Å². The molecule has 8 nitrogen and oxygen atoms in total. The third-order valence-corrected chi connectivity index (χ3v) is 6.80. The first-order valence-electron chi connectivity index (χ1n) is 8.01. The Morgan fingerprint density at radius 3 is 2.72 bits per heavy atom. The second-order valence-corrected chi connectivity index (χ2v) is 9.51. The average molecular weight is 383 g/mol. The lowest BCUT2D eigenvalue weighted by Gasteiger charge is -2.26. The Morgan fingerprint density at radius 1 is 1.32 bits per heavy atom. The number of aromatic nitrogens is 3. The molecule has 1 aliphatic heterocycles. The Morgan fingerprint density at radius 2 is 2.08 bits per heavy atom. The van der Waals surface area contributed by atoms with Gasteiger partial charge >= 0.3 is 0 Å². The Kier molecular flexibility index (Phi) is 5.05. The molecule has 1 saturated heterocycles. The summed E-state index contributed by atoms with van der Waals surface area (Å²) in [4.78, 5) is 14.3. The molecule has 0 spiro atoms. The van der Waals surface area contributed by atoms with E-state index in [9.17, 15) is 8.42 Å². The van der Waals surface area contributed by atoms with Crippen molar-refractivity contribution in [3.63, 3.8) is 0 Å². The fourth-order valence-electron chi connectivity index (χ4n) is 2.87. The Hall–Kier alpha value is -1.62. The molecule has 2 aromatic rings. The number of nitrogens with zero attached hydrogens (tertiary/aromatic N) is 5. The minimum absolute atomic E-state index is 0.271. The molecule has 2 aromatic heterocycles. The zero-order valence-electron chi connectivity index (χ0n) is 14.7. The summed E-state index contributed by atoms with van der Waals surface area (Å²) in [6.07, 6.45) is 3.36. The van der Waals surface area contributed by atoms with Gasteiger partial charge in [0, 0.05) is 37.8 Å². The monoisotopic (exact) mass is 382 g/mol. The van der Waals surface area contributed by atoms with Crippen molar-refractivity contribution in [1.29, 1.82) is 0 Å². The number of anilines is 2. The largest absolute Gasteiger partial charge is 0.316 e. The maximum Gasteiger partial charge on any atom is 0.282 e. The van der Waals surface area contributed by atoms with Crippen molar-refractivity contribution in [2.24, 2.45) is 0 Å². The number of hydrogen-bond acceptors (Lipinski definition) is 7. The van der Waals surface area contributed by atoms with Gasteiger partial charge in [-0.15, -0.1) is 11.3 Å². The predicted octanol–water partition coefficient (Wildman–Crippen LogP) is 2.24. The van der Waals surface area contributed by atoms with Gasteiger partial charge in [0.2, 0.25) is 0 Å². The molecule has 1 unspecified atom stereocenters. The SMILES string of the molecule is Cc1nc(Nc2ncc(C)s2)cc(C2CCCN2S(=O)(=O)N(C)C)n1. The van der Waals surface area contributed by atoms with E-state index in [2.05, 4.69) is 20.3 Å². The second kappa shape index (κ2) is 6.94. The molecule has 0 saturated carbocycles. The molecule has 3 heterocycles. The van der Waals surface area contributed by atoms with E-state index >= 15 is 0 Å². The highest BCUT2D eigenvalue weighted by atomic mass is 32.2. The normalized spacial score (nSPS) is 18.8. The summed E-state index contributed by atoms with van der Waals surface area (Å²) >= 11 is 1.54. The summed E-state index contributed by atoms with van der Waals surface area (Å²) in [7, 11) is -0.381. The summed E-state index contributed by atoms with van der Waals surface area (Å²) in [5, 5.41) is 3.94. The zero-order chi connectivity index (χ0) is 18.2. The van der Waals surface area contributed by atoms with Gasteiger partial charge in [-0.25, -0.2) is 15.0 Å². The van der Waals surface area contributed by atoms with Crippen molar-refractivity contribution in [3.8, 4) is 0 Å². The fourth-order valence-corrected chi connectivity index (χ4v) is 4.85. The van der Waals surface area contributed by atoms with Gasteiger partial charge < -0.3 is 5.32 Å². The van der Waals surface area contributed by atoms with Crippen molar-refractivity contribution >= 4 is 32.5 Å². The van der Waals surface area contributed by atoms with Crippen LogP contribution in [0.4, 0.5) is 10.9 Å². The zero-order valence-corrected chi connectivity index (χ0v) is 16.4. The molecule has 1 fully saturated rings. The van der Waals surface area contributed by atoms with Gasteiger partial charge in [0.25, 0.3) is 10.2 Å². The van der Waals surface area contributed by atoms with E-state index in [4.69, 9.17) is 0 Å². The van der Waals surface area contributed by atoms with Crippen LogP contribution in [0.2, 0.25) is 0 Å². The Bertz CT molecular complexity index is 865. The van der Waals surface area contributed by atoms with Crippen molar-refractivity contribution < 1.29 is 8.42 Å². The van der Waals surface area contributed by atoms with Gasteiger partial charge in [0.1, 0.15) is 11.6 Å². The molecule has 0 bridgehead atoms. The molecular weight excluding hydrogens is 360 g/mol. The summed E-state index contributed by atoms with van der Waals surface area (Å²) in [5.74, 6) is 1.23. The lowest BCUT2D eigenvalue weighted by atomic mass is 10.1. The molecular formula is C15H22N6O2S2. The van der Waals surface area contributed by atoms with Gasteiger partial charge in [0.05, 0.1) is 11.7 Å². The molecule has 0 aliphatic carbocycles. The third kappa shape index (κ3) is 3.81. The van der Waals surface area contributed by atoms with Gasteiger partial charge in [-0.1, -0.05) is 0 Å². The van der Waals surface area contributed by atoms with Crippen LogP contribution in [0.25, 0.3) is 0 Å². The molecule has 1 atom stereocenters. The summed E-state index contributed by atoms with van der Waals surface area (Å²) in [6, 6.07) is 1.55. The lowest BCUT2D eigenvalue weighted by molar-refractivity contribution is 0.357. The highest BCUT2D eigenvalue weighted by Gasteiger charge is 2.37. The van der Waals surface area contributed by atoms with Crippen molar-refractivity contribution in [2.75, 3.05) is 26.0 Å². The maximum absolute atomic E-state index is 12.6. The molecule has 0 amide bonds. The average Bonchev–Trinajstić information content (AvgIpc) is 3.16.